The number of alkyl halides is 1. The molecule has 1 aromatic rings. The Kier molecular flexibility index (Phi) is 4.27. The van der Waals surface area contributed by atoms with E-state index in [1.807, 2.05) is 25.1 Å². The third kappa shape index (κ3) is 2.24. The van der Waals surface area contributed by atoms with Crippen LogP contribution >= 0.6 is 15.9 Å². The Morgan fingerprint density at radius 3 is 2.58 bits per heavy atom. The molecule has 1 saturated carbocycles. The molecule has 2 aliphatic rings. The molecule has 0 spiro atoms. The summed E-state index contributed by atoms with van der Waals surface area (Å²) in [5, 5.41) is 0. The van der Waals surface area contributed by atoms with E-state index >= 15 is 0 Å². The zero-order valence-corrected chi connectivity index (χ0v) is 16.1. The highest BCUT2D eigenvalue weighted by Crippen LogP contribution is 2.59. The number of carbonyl (C=O) groups excluding carboxylic acids is 2. The van der Waals surface area contributed by atoms with E-state index in [0.29, 0.717) is 0 Å². The molecule has 4 atom stereocenters. The van der Waals surface area contributed by atoms with E-state index < -0.39 is 10.2 Å². The summed E-state index contributed by atoms with van der Waals surface area (Å²) < 4.78 is 10.5. The molecule has 2 aliphatic carbocycles. The molecule has 0 N–H and O–H groups in total. The van der Waals surface area contributed by atoms with Crippen molar-refractivity contribution >= 4 is 27.7 Å². The average Bonchev–Trinajstić information content (AvgIpc) is 2.58. The quantitative estimate of drug-likeness (QED) is 0.563. The second-order valence-electron chi connectivity index (χ2n) is 7.34. The standard InChI is InChI=1S/C19H23BrO4/c1-18-8-5-9-19(2,17(22)24-4)16(18)14(20)15(21)12-7-6-11(23-3)10-13(12)18/h6-7,10,14,16H,5,8-9H2,1-4H3. The van der Waals surface area contributed by atoms with Crippen molar-refractivity contribution < 1.29 is 19.1 Å². The number of halogens is 1. The van der Waals surface area contributed by atoms with Crippen molar-refractivity contribution in [3.63, 3.8) is 0 Å². The Balaban J connectivity index is 2.23. The van der Waals surface area contributed by atoms with Gasteiger partial charge in [-0.3, -0.25) is 9.59 Å². The summed E-state index contributed by atoms with van der Waals surface area (Å²) in [7, 11) is 3.04. The molecule has 0 bridgehead atoms. The number of methoxy groups -OCH3 is 2. The highest BCUT2D eigenvalue weighted by molar-refractivity contribution is 9.10. The van der Waals surface area contributed by atoms with Crippen molar-refractivity contribution in [2.24, 2.45) is 11.3 Å². The van der Waals surface area contributed by atoms with E-state index in [1.54, 1.807) is 7.11 Å². The van der Waals surface area contributed by atoms with Crippen LogP contribution in [0, 0.1) is 11.3 Å². The first-order chi connectivity index (χ1) is 11.3. The highest BCUT2D eigenvalue weighted by atomic mass is 79.9. The van der Waals surface area contributed by atoms with Gasteiger partial charge in [-0.2, -0.15) is 0 Å². The maximum absolute atomic E-state index is 13.0. The Morgan fingerprint density at radius 2 is 1.96 bits per heavy atom. The van der Waals surface area contributed by atoms with E-state index in [9.17, 15) is 9.59 Å². The number of hydrogen-bond acceptors (Lipinski definition) is 4. The van der Waals surface area contributed by atoms with Crippen LogP contribution in [0.15, 0.2) is 18.2 Å². The number of ketones is 1. The minimum atomic E-state index is -0.688. The Morgan fingerprint density at radius 1 is 1.25 bits per heavy atom. The van der Waals surface area contributed by atoms with E-state index in [-0.39, 0.29) is 23.1 Å². The van der Waals surface area contributed by atoms with Gasteiger partial charge in [0.05, 0.1) is 24.5 Å². The molecule has 0 amide bonds. The van der Waals surface area contributed by atoms with Gasteiger partial charge in [0, 0.05) is 11.5 Å². The molecule has 1 aromatic carbocycles. The normalized spacial score (nSPS) is 35.0. The molecule has 4 unspecified atom stereocenters. The first kappa shape index (κ1) is 17.5. The van der Waals surface area contributed by atoms with Crippen LogP contribution in [0.3, 0.4) is 0 Å². The van der Waals surface area contributed by atoms with Crippen LogP contribution in [0.4, 0.5) is 0 Å². The van der Waals surface area contributed by atoms with Gasteiger partial charge in [-0.1, -0.05) is 29.3 Å². The summed E-state index contributed by atoms with van der Waals surface area (Å²) in [5.41, 5.74) is 0.743. The topological polar surface area (TPSA) is 52.6 Å². The third-order valence-electron chi connectivity index (χ3n) is 6.07. The van der Waals surface area contributed by atoms with Crippen LogP contribution < -0.4 is 4.74 Å². The minimum Gasteiger partial charge on any atom is -0.497 e. The van der Waals surface area contributed by atoms with Crippen LogP contribution in [0.25, 0.3) is 0 Å². The summed E-state index contributed by atoms with van der Waals surface area (Å²) in [6, 6.07) is 5.63. The van der Waals surface area contributed by atoms with E-state index in [1.165, 1.54) is 7.11 Å². The van der Waals surface area contributed by atoms with E-state index in [0.717, 1.165) is 36.1 Å². The van der Waals surface area contributed by atoms with Crippen LogP contribution in [-0.4, -0.2) is 30.8 Å². The maximum Gasteiger partial charge on any atom is 0.311 e. The molecular formula is C19H23BrO4. The van der Waals surface area contributed by atoms with Crippen LogP contribution in [0.1, 0.15) is 49.0 Å². The predicted molar refractivity (Wildman–Crippen MR) is 94.9 cm³/mol. The van der Waals surface area contributed by atoms with Gasteiger partial charge in [-0.15, -0.1) is 0 Å². The van der Waals surface area contributed by atoms with Crippen molar-refractivity contribution in [3.8, 4) is 5.75 Å². The third-order valence-corrected chi connectivity index (χ3v) is 7.01. The van der Waals surface area contributed by atoms with Crippen LogP contribution in [-0.2, 0) is 14.9 Å². The largest absolute Gasteiger partial charge is 0.497 e. The lowest BCUT2D eigenvalue weighted by Gasteiger charge is -2.55. The highest BCUT2D eigenvalue weighted by Gasteiger charge is 2.60. The summed E-state index contributed by atoms with van der Waals surface area (Å²) in [4.78, 5) is 25.2. The lowest BCUT2D eigenvalue weighted by atomic mass is 9.49. The molecule has 24 heavy (non-hydrogen) atoms. The van der Waals surface area contributed by atoms with Gasteiger partial charge in [0.1, 0.15) is 5.75 Å². The Hall–Kier alpha value is -1.36. The number of Topliss-reactive ketones (excluding diaryl/α,β-unsaturated/α-hetero) is 1. The van der Waals surface area contributed by atoms with Gasteiger partial charge < -0.3 is 9.47 Å². The molecule has 0 radical (unpaired) electrons. The minimum absolute atomic E-state index is 0.0344. The number of rotatable bonds is 2. The van der Waals surface area contributed by atoms with Crippen LogP contribution in [0.5, 0.6) is 5.75 Å². The molecule has 0 saturated heterocycles. The summed E-state index contributed by atoms with van der Waals surface area (Å²) in [5.74, 6) is 0.382. The summed E-state index contributed by atoms with van der Waals surface area (Å²) in [6.07, 6.45) is 2.58. The van der Waals surface area contributed by atoms with Crippen LogP contribution in [0.2, 0.25) is 0 Å². The zero-order valence-electron chi connectivity index (χ0n) is 14.5. The van der Waals surface area contributed by atoms with Crippen molar-refractivity contribution in [2.45, 2.75) is 43.4 Å². The Labute approximate surface area is 151 Å². The van der Waals surface area contributed by atoms with Crippen molar-refractivity contribution in [2.75, 3.05) is 14.2 Å². The molecule has 5 heteroatoms. The maximum atomic E-state index is 13.0. The van der Waals surface area contributed by atoms with Crippen molar-refractivity contribution in [1.29, 1.82) is 0 Å². The van der Waals surface area contributed by atoms with Gasteiger partial charge in [0.2, 0.25) is 0 Å². The lowest BCUT2D eigenvalue weighted by molar-refractivity contribution is -0.160. The molecule has 1 fully saturated rings. The van der Waals surface area contributed by atoms with Crippen molar-refractivity contribution in [3.05, 3.63) is 29.3 Å². The molecule has 0 aromatic heterocycles. The fraction of sp³-hybridized carbons (Fsp3) is 0.579. The van der Waals surface area contributed by atoms with Gasteiger partial charge in [-0.05, 0) is 48.9 Å². The van der Waals surface area contributed by atoms with E-state index in [2.05, 4.69) is 22.9 Å². The van der Waals surface area contributed by atoms with Crippen molar-refractivity contribution in [1.82, 2.24) is 0 Å². The first-order valence-electron chi connectivity index (χ1n) is 8.25. The zero-order chi connectivity index (χ0) is 17.7. The number of esters is 1. The van der Waals surface area contributed by atoms with Gasteiger partial charge in [0.25, 0.3) is 0 Å². The molecule has 0 aliphatic heterocycles. The second-order valence-corrected chi connectivity index (χ2v) is 8.32. The lowest BCUT2D eigenvalue weighted by Crippen LogP contribution is -2.58. The number of fused-ring (bicyclic) bond motifs is 3. The number of benzene rings is 1. The Bertz CT molecular complexity index is 701. The monoisotopic (exact) mass is 394 g/mol. The molecule has 0 heterocycles. The molecule has 4 nitrogen and oxygen atoms in total. The number of hydrogen-bond donors (Lipinski definition) is 0. The molecule has 130 valence electrons. The van der Waals surface area contributed by atoms with Gasteiger partial charge in [0.15, 0.2) is 5.78 Å². The molecular weight excluding hydrogens is 372 g/mol. The average molecular weight is 395 g/mol. The van der Waals surface area contributed by atoms with Gasteiger partial charge in [-0.25, -0.2) is 0 Å². The summed E-state index contributed by atoms with van der Waals surface area (Å²) in [6.45, 7) is 4.10. The second kappa shape index (κ2) is 5.87. The summed E-state index contributed by atoms with van der Waals surface area (Å²) >= 11 is 3.62. The number of ether oxygens (including phenoxy) is 2. The van der Waals surface area contributed by atoms with Gasteiger partial charge >= 0.3 is 5.97 Å². The number of carbonyl (C=O) groups is 2. The fourth-order valence-corrected chi connectivity index (χ4v) is 6.30. The SMILES string of the molecule is COC(=O)C1(C)CCCC2(C)c3cc(OC)ccc3C(=O)C(Br)C12. The molecule has 3 rings (SSSR count). The smallest absolute Gasteiger partial charge is 0.311 e. The van der Waals surface area contributed by atoms with E-state index in [4.69, 9.17) is 9.47 Å². The fourth-order valence-electron chi connectivity index (χ4n) is 4.88. The first-order valence-corrected chi connectivity index (χ1v) is 9.16. The predicted octanol–water partition coefficient (Wildman–Crippen LogP) is 3.89.